The molecule has 4 nitrogen and oxygen atoms in total. The van der Waals surface area contributed by atoms with Crippen molar-refractivity contribution >= 4 is 12.2 Å². The first-order valence-corrected chi connectivity index (χ1v) is 9.00. The lowest BCUT2D eigenvalue weighted by atomic mass is 10.1. The molecular formula is C24H22N2O2. The quantitative estimate of drug-likeness (QED) is 0.650. The van der Waals surface area contributed by atoms with Crippen LogP contribution in [0.3, 0.4) is 0 Å². The summed E-state index contributed by atoms with van der Waals surface area (Å²) in [5, 5.41) is 0. The first kappa shape index (κ1) is 19.2. The second kappa shape index (κ2) is 7.98. The minimum Gasteiger partial charge on any atom is -0.289 e. The van der Waals surface area contributed by atoms with Gasteiger partial charge in [0.1, 0.15) is 5.69 Å². The summed E-state index contributed by atoms with van der Waals surface area (Å²) in [6.45, 7) is 4.03. The molecule has 1 heterocycles. The average molecular weight is 370 g/mol. The van der Waals surface area contributed by atoms with Gasteiger partial charge in [0.05, 0.1) is 5.56 Å². The van der Waals surface area contributed by atoms with E-state index in [2.05, 4.69) is 11.8 Å². The number of rotatable bonds is 2. The van der Waals surface area contributed by atoms with Crippen LogP contribution < -0.4 is 11.2 Å². The molecule has 0 atom stereocenters. The summed E-state index contributed by atoms with van der Waals surface area (Å²) in [6.07, 6.45) is 3.59. The van der Waals surface area contributed by atoms with Crippen molar-refractivity contribution in [3.63, 3.8) is 0 Å². The molecule has 3 rings (SSSR count). The number of hydrogen-bond acceptors (Lipinski definition) is 2. The summed E-state index contributed by atoms with van der Waals surface area (Å²) >= 11 is 0. The van der Waals surface area contributed by atoms with Crippen LogP contribution in [0.25, 0.3) is 12.2 Å². The molecule has 0 saturated heterocycles. The van der Waals surface area contributed by atoms with Crippen molar-refractivity contribution in [1.29, 1.82) is 0 Å². The average Bonchev–Trinajstić information content (AvgIpc) is 2.70. The van der Waals surface area contributed by atoms with Gasteiger partial charge in [-0.1, -0.05) is 59.5 Å². The van der Waals surface area contributed by atoms with E-state index >= 15 is 0 Å². The summed E-state index contributed by atoms with van der Waals surface area (Å²) in [5.74, 6) is 6.08. The fraction of sp³-hybridized carbons (Fsp3) is 0.167. The maximum Gasteiger partial charge on any atom is 0.331 e. The van der Waals surface area contributed by atoms with Gasteiger partial charge in [-0.15, -0.1) is 0 Å². The van der Waals surface area contributed by atoms with E-state index in [0.29, 0.717) is 11.3 Å². The largest absolute Gasteiger partial charge is 0.331 e. The van der Waals surface area contributed by atoms with E-state index in [4.69, 9.17) is 0 Å². The van der Waals surface area contributed by atoms with Crippen LogP contribution in [-0.2, 0) is 14.1 Å². The molecule has 3 aromatic rings. The van der Waals surface area contributed by atoms with Gasteiger partial charge in [-0.3, -0.25) is 13.9 Å². The Morgan fingerprint density at radius 3 is 1.93 bits per heavy atom. The molecule has 0 N–H and O–H groups in total. The Labute approximate surface area is 164 Å². The van der Waals surface area contributed by atoms with Gasteiger partial charge in [-0.25, -0.2) is 4.79 Å². The summed E-state index contributed by atoms with van der Waals surface area (Å²) in [4.78, 5) is 25.1. The Morgan fingerprint density at radius 2 is 1.32 bits per heavy atom. The molecule has 0 fully saturated rings. The predicted octanol–water partition coefficient (Wildman–Crippen LogP) is 3.27. The molecule has 2 aromatic carbocycles. The van der Waals surface area contributed by atoms with Gasteiger partial charge < -0.3 is 0 Å². The van der Waals surface area contributed by atoms with Gasteiger partial charge in [0.15, 0.2) is 0 Å². The molecule has 4 heteroatoms. The molecule has 0 amide bonds. The normalized spacial score (nSPS) is 10.7. The van der Waals surface area contributed by atoms with Crippen LogP contribution in [0.5, 0.6) is 0 Å². The van der Waals surface area contributed by atoms with E-state index in [1.165, 1.54) is 17.2 Å². The van der Waals surface area contributed by atoms with Crippen molar-refractivity contribution in [1.82, 2.24) is 9.13 Å². The molecule has 1 aromatic heterocycles. The summed E-state index contributed by atoms with van der Waals surface area (Å²) < 4.78 is 2.52. The SMILES string of the molecule is Cc1ccc(C#Cc2c(/C=C/c3ccc(C)cc3)c(=O)n(C)c(=O)n2C)cc1. The van der Waals surface area contributed by atoms with E-state index in [1.54, 1.807) is 13.1 Å². The van der Waals surface area contributed by atoms with Crippen molar-refractivity contribution in [3.8, 4) is 11.8 Å². The zero-order valence-electron chi connectivity index (χ0n) is 16.5. The Bertz CT molecular complexity index is 1210. The highest BCUT2D eigenvalue weighted by Gasteiger charge is 2.11. The molecule has 0 saturated carbocycles. The van der Waals surface area contributed by atoms with Crippen LogP contribution in [0.1, 0.15) is 33.5 Å². The zero-order valence-corrected chi connectivity index (χ0v) is 16.5. The Hall–Kier alpha value is -3.58. The molecular weight excluding hydrogens is 348 g/mol. The van der Waals surface area contributed by atoms with E-state index < -0.39 is 5.69 Å². The Kier molecular flexibility index (Phi) is 5.47. The number of aromatic nitrogens is 2. The van der Waals surface area contributed by atoms with Gasteiger partial charge in [-0.2, -0.15) is 0 Å². The van der Waals surface area contributed by atoms with Crippen molar-refractivity contribution in [2.45, 2.75) is 13.8 Å². The van der Waals surface area contributed by atoms with E-state index in [1.807, 2.05) is 68.5 Å². The Balaban J connectivity index is 2.13. The van der Waals surface area contributed by atoms with E-state index in [9.17, 15) is 9.59 Å². The molecule has 0 aliphatic carbocycles. The van der Waals surface area contributed by atoms with Gasteiger partial charge in [-0.05, 0) is 43.5 Å². The topological polar surface area (TPSA) is 44.0 Å². The molecule has 0 bridgehead atoms. The molecule has 140 valence electrons. The molecule has 0 spiro atoms. The monoisotopic (exact) mass is 370 g/mol. The van der Waals surface area contributed by atoms with Crippen molar-refractivity contribution in [3.05, 3.63) is 103 Å². The first-order chi connectivity index (χ1) is 13.4. The second-order valence-electron chi connectivity index (χ2n) is 6.83. The van der Waals surface area contributed by atoms with Gasteiger partial charge in [0.25, 0.3) is 5.56 Å². The van der Waals surface area contributed by atoms with Crippen LogP contribution in [0.15, 0.2) is 58.1 Å². The van der Waals surface area contributed by atoms with Crippen LogP contribution >= 0.6 is 0 Å². The summed E-state index contributed by atoms with van der Waals surface area (Å²) in [6, 6.07) is 15.8. The smallest absolute Gasteiger partial charge is 0.289 e. The number of aryl methyl sites for hydroxylation is 2. The van der Waals surface area contributed by atoms with E-state index in [-0.39, 0.29) is 5.56 Å². The summed E-state index contributed by atoms with van der Waals surface area (Å²) in [5.41, 5.74) is 4.14. The fourth-order valence-electron chi connectivity index (χ4n) is 2.80. The van der Waals surface area contributed by atoms with Crippen LogP contribution in [-0.4, -0.2) is 9.13 Å². The van der Waals surface area contributed by atoms with Gasteiger partial charge in [0, 0.05) is 19.7 Å². The van der Waals surface area contributed by atoms with Gasteiger partial charge >= 0.3 is 5.69 Å². The summed E-state index contributed by atoms with van der Waals surface area (Å²) in [7, 11) is 3.11. The third kappa shape index (κ3) is 4.05. The van der Waals surface area contributed by atoms with Crippen molar-refractivity contribution in [2.75, 3.05) is 0 Å². The van der Waals surface area contributed by atoms with Crippen LogP contribution in [0, 0.1) is 25.7 Å². The molecule has 0 radical (unpaired) electrons. The highest BCUT2D eigenvalue weighted by atomic mass is 16.2. The van der Waals surface area contributed by atoms with E-state index in [0.717, 1.165) is 21.3 Å². The molecule has 0 aliphatic heterocycles. The van der Waals surface area contributed by atoms with Gasteiger partial charge in [0.2, 0.25) is 0 Å². The van der Waals surface area contributed by atoms with Crippen LogP contribution in [0.4, 0.5) is 0 Å². The maximum atomic E-state index is 12.7. The lowest BCUT2D eigenvalue weighted by Crippen LogP contribution is -2.39. The fourth-order valence-corrected chi connectivity index (χ4v) is 2.80. The standard InChI is InChI=1S/C24H22N2O2/c1-17-5-9-19(10-6-17)13-15-21-22(25(3)24(28)26(4)23(21)27)16-14-20-11-7-18(2)8-12-20/h5-13,15H,1-4H3/b15-13+. The first-order valence-electron chi connectivity index (χ1n) is 9.00. The lowest BCUT2D eigenvalue weighted by molar-refractivity contribution is 0.676. The highest BCUT2D eigenvalue weighted by Crippen LogP contribution is 2.10. The van der Waals surface area contributed by atoms with Crippen molar-refractivity contribution < 1.29 is 0 Å². The second-order valence-corrected chi connectivity index (χ2v) is 6.83. The van der Waals surface area contributed by atoms with Crippen LogP contribution in [0.2, 0.25) is 0 Å². The molecule has 28 heavy (non-hydrogen) atoms. The Morgan fingerprint density at radius 1 is 0.750 bits per heavy atom. The minimum absolute atomic E-state index is 0.361. The molecule has 0 unspecified atom stereocenters. The van der Waals surface area contributed by atoms with Crippen molar-refractivity contribution in [2.24, 2.45) is 14.1 Å². The number of hydrogen-bond donors (Lipinski definition) is 0. The third-order valence-corrected chi connectivity index (χ3v) is 4.60. The third-order valence-electron chi connectivity index (χ3n) is 4.60. The minimum atomic E-state index is -0.398. The number of benzene rings is 2. The lowest BCUT2D eigenvalue weighted by Gasteiger charge is -2.08. The highest BCUT2D eigenvalue weighted by molar-refractivity contribution is 5.72. The number of nitrogens with zero attached hydrogens (tertiary/aromatic N) is 2. The zero-order chi connectivity index (χ0) is 20.3. The maximum absolute atomic E-state index is 12.7. The predicted molar refractivity (Wildman–Crippen MR) is 114 cm³/mol. The molecule has 0 aliphatic rings.